The van der Waals surface area contributed by atoms with Gasteiger partial charge in [-0.1, -0.05) is 35.8 Å². The Hall–Kier alpha value is -2.87. The third kappa shape index (κ3) is 8.05. The Morgan fingerprint density at radius 2 is 1.65 bits per heavy atom. The molecule has 166 valence electrons. The molecule has 8 heteroatoms. The van der Waals surface area contributed by atoms with E-state index in [1.165, 1.54) is 0 Å². The van der Waals surface area contributed by atoms with Crippen LogP contribution in [0.2, 0.25) is 0 Å². The van der Waals surface area contributed by atoms with E-state index in [2.05, 4.69) is 32.1 Å². The minimum absolute atomic E-state index is 0.00569. The van der Waals surface area contributed by atoms with Crippen LogP contribution in [0.3, 0.4) is 0 Å². The molecule has 0 spiro atoms. The maximum Gasteiger partial charge on any atom is 0.273 e. The van der Waals surface area contributed by atoms with Gasteiger partial charge in [-0.3, -0.25) is 25.2 Å². The highest BCUT2D eigenvalue weighted by atomic mass is 79.9. The molecule has 3 amide bonds. The van der Waals surface area contributed by atoms with Gasteiger partial charge in [0.05, 0.1) is 12.2 Å². The molecule has 7 nitrogen and oxygen atoms in total. The lowest BCUT2D eigenvalue weighted by Gasteiger charge is -2.14. The van der Waals surface area contributed by atoms with Gasteiger partial charge in [-0.2, -0.15) is 0 Å². The molecule has 31 heavy (non-hydrogen) atoms. The van der Waals surface area contributed by atoms with Crippen molar-refractivity contribution in [3.05, 3.63) is 57.6 Å². The topological polar surface area (TPSA) is 96.5 Å². The van der Waals surface area contributed by atoms with Crippen LogP contribution in [-0.4, -0.2) is 24.3 Å². The molecule has 0 aliphatic heterocycles. The first-order chi connectivity index (χ1) is 14.7. The summed E-state index contributed by atoms with van der Waals surface area (Å²) in [5.74, 6) is -0.525. The first kappa shape index (κ1) is 24.4. The Bertz CT molecular complexity index is 960. The van der Waals surface area contributed by atoms with Gasteiger partial charge < -0.3 is 10.1 Å². The molecule has 0 heterocycles. The number of hydrogen-bond acceptors (Lipinski definition) is 4. The van der Waals surface area contributed by atoms with Crippen molar-refractivity contribution in [2.45, 2.75) is 40.5 Å². The highest BCUT2D eigenvalue weighted by Gasteiger charge is 2.15. The SMILES string of the molecule is Cc1ccc(NC(=O)CCC(=O)NNC(=O)c2cc(Br)ccc2OCC(C)C)cc1C. The predicted molar refractivity (Wildman–Crippen MR) is 124 cm³/mol. The van der Waals surface area contributed by atoms with Crippen LogP contribution in [0, 0.1) is 19.8 Å². The molecule has 0 unspecified atom stereocenters. The fourth-order valence-corrected chi connectivity index (χ4v) is 2.95. The minimum Gasteiger partial charge on any atom is -0.492 e. The number of carbonyl (C=O) groups is 3. The van der Waals surface area contributed by atoms with Gasteiger partial charge in [0.15, 0.2) is 0 Å². The maximum absolute atomic E-state index is 12.5. The van der Waals surface area contributed by atoms with Gasteiger partial charge in [-0.05, 0) is 61.2 Å². The Morgan fingerprint density at radius 1 is 0.935 bits per heavy atom. The Labute approximate surface area is 191 Å². The average molecular weight is 490 g/mol. The molecule has 0 aliphatic rings. The smallest absolute Gasteiger partial charge is 0.273 e. The molecule has 3 N–H and O–H groups in total. The van der Waals surface area contributed by atoms with Crippen LogP contribution in [0.15, 0.2) is 40.9 Å². The Balaban J connectivity index is 1.84. The van der Waals surface area contributed by atoms with Crippen LogP contribution >= 0.6 is 15.9 Å². The molecule has 0 saturated carbocycles. The van der Waals surface area contributed by atoms with Gasteiger partial charge >= 0.3 is 0 Å². The molecule has 0 atom stereocenters. The molecule has 2 aromatic carbocycles. The number of anilines is 1. The number of amides is 3. The lowest BCUT2D eigenvalue weighted by molar-refractivity contribution is -0.124. The van der Waals surface area contributed by atoms with E-state index in [-0.39, 0.29) is 18.7 Å². The van der Waals surface area contributed by atoms with E-state index < -0.39 is 11.8 Å². The van der Waals surface area contributed by atoms with Crippen molar-refractivity contribution in [3.63, 3.8) is 0 Å². The van der Waals surface area contributed by atoms with Gasteiger partial charge in [0.25, 0.3) is 5.91 Å². The second-order valence-corrected chi connectivity index (χ2v) is 8.61. The van der Waals surface area contributed by atoms with Crippen molar-refractivity contribution in [1.82, 2.24) is 10.9 Å². The van der Waals surface area contributed by atoms with Crippen LogP contribution in [0.4, 0.5) is 5.69 Å². The first-order valence-corrected chi connectivity index (χ1v) is 10.8. The minimum atomic E-state index is -0.506. The zero-order valence-corrected chi connectivity index (χ0v) is 19.8. The van der Waals surface area contributed by atoms with E-state index in [1.807, 2.05) is 45.9 Å². The maximum atomic E-state index is 12.5. The summed E-state index contributed by atoms with van der Waals surface area (Å²) in [7, 11) is 0. The first-order valence-electron chi connectivity index (χ1n) is 10.0. The molecule has 0 fully saturated rings. The monoisotopic (exact) mass is 489 g/mol. The summed E-state index contributed by atoms with van der Waals surface area (Å²) in [5.41, 5.74) is 7.90. The summed E-state index contributed by atoms with van der Waals surface area (Å²) in [5, 5.41) is 2.76. The quantitative estimate of drug-likeness (QED) is 0.482. The van der Waals surface area contributed by atoms with Crippen molar-refractivity contribution in [1.29, 1.82) is 0 Å². The molecule has 0 bridgehead atoms. The van der Waals surface area contributed by atoms with Crippen molar-refractivity contribution >= 4 is 39.3 Å². The molecule has 0 radical (unpaired) electrons. The zero-order valence-electron chi connectivity index (χ0n) is 18.2. The highest BCUT2D eigenvalue weighted by Crippen LogP contribution is 2.23. The average Bonchev–Trinajstić information content (AvgIpc) is 2.72. The number of aryl methyl sites for hydroxylation is 2. The van der Waals surface area contributed by atoms with Crippen molar-refractivity contribution in [2.24, 2.45) is 5.92 Å². The van der Waals surface area contributed by atoms with Crippen LogP contribution in [0.1, 0.15) is 48.2 Å². The third-order valence-corrected chi connectivity index (χ3v) is 4.94. The summed E-state index contributed by atoms with van der Waals surface area (Å²) in [6.07, 6.45) is -0.0690. The fraction of sp³-hybridized carbons (Fsp3) is 0.348. The van der Waals surface area contributed by atoms with Crippen molar-refractivity contribution < 1.29 is 19.1 Å². The largest absolute Gasteiger partial charge is 0.492 e. The number of halogens is 1. The Kier molecular flexibility index (Phi) is 9.05. The molecule has 0 saturated heterocycles. The third-order valence-electron chi connectivity index (χ3n) is 4.44. The lowest BCUT2D eigenvalue weighted by atomic mass is 10.1. The standard InChI is InChI=1S/C23H28BrN3O4/c1-14(2)13-31-20-8-6-17(24)12-19(20)23(30)27-26-22(29)10-9-21(28)25-18-7-5-15(3)16(4)11-18/h5-8,11-12,14H,9-10,13H2,1-4H3,(H,25,28)(H,26,29)(H,27,30). The summed E-state index contributed by atoms with van der Waals surface area (Å²) in [4.78, 5) is 36.6. The van der Waals surface area contributed by atoms with E-state index in [0.717, 1.165) is 11.1 Å². The molecular formula is C23H28BrN3O4. The second-order valence-electron chi connectivity index (χ2n) is 7.69. The van der Waals surface area contributed by atoms with E-state index in [9.17, 15) is 14.4 Å². The number of benzene rings is 2. The summed E-state index contributed by atoms with van der Waals surface area (Å²) < 4.78 is 6.40. The van der Waals surface area contributed by atoms with Gasteiger partial charge in [0, 0.05) is 23.0 Å². The number of hydrazine groups is 1. The lowest BCUT2D eigenvalue weighted by Crippen LogP contribution is -2.42. The summed E-state index contributed by atoms with van der Waals surface area (Å²) in [6.45, 7) is 8.44. The van der Waals surface area contributed by atoms with Crippen molar-refractivity contribution in [3.8, 4) is 5.75 Å². The van der Waals surface area contributed by atoms with Crippen LogP contribution in [-0.2, 0) is 9.59 Å². The number of ether oxygens (including phenoxy) is 1. The van der Waals surface area contributed by atoms with Crippen LogP contribution < -0.4 is 20.9 Å². The van der Waals surface area contributed by atoms with Gasteiger partial charge in [-0.25, -0.2) is 0 Å². The van der Waals surface area contributed by atoms with Gasteiger partial charge in [0.1, 0.15) is 5.75 Å². The summed E-state index contributed by atoms with van der Waals surface area (Å²) >= 11 is 3.33. The molecule has 2 aromatic rings. The fourth-order valence-electron chi connectivity index (χ4n) is 2.59. The normalized spacial score (nSPS) is 10.5. The van der Waals surface area contributed by atoms with Crippen LogP contribution in [0.5, 0.6) is 5.75 Å². The zero-order chi connectivity index (χ0) is 23.0. The van der Waals surface area contributed by atoms with E-state index in [4.69, 9.17) is 4.74 Å². The van der Waals surface area contributed by atoms with E-state index >= 15 is 0 Å². The Morgan fingerprint density at radius 3 is 2.32 bits per heavy atom. The van der Waals surface area contributed by atoms with Crippen molar-refractivity contribution in [2.75, 3.05) is 11.9 Å². The number of rotatable bonds is 8. The number of nitrogens with one attached hydrogen (secondary N) is 3. The highest BCUT2D eigenvalue weighted by molar-refractivity contribution is 9.10. The second kappa shape index (κ2) is 11.5. The number of carbonyl (C=O) groups excluding carboxylic acids is 3. The van der Waals surface area contributed by atoms with E-state index in [0.29, 0.717) is 34.0 Å². The molecule has 0 aliphatic carbocycles. The van der Waals surface area contributed by atoms with Gasteiger partial charge in [0.2, 0.25) is 11.8 Å². The molecule has 0 aromatic heterocycles. The van der Waals surface area contributed by atoms with E-state index in [1.54, 1.807) is 18.2 Å². The molecular weight excluding hydrogens is 462 g/mol. The summed E-state index contributed by atoms with van der Waals surface area (Å²) in [6, 6.07) is 10.7. The number of hydrogen-bond donors (Lipinski definition) is 3. The predicted octanol–water partition coefficient (Wildman–Crippen LogP) is 4.28. The molecule has 2 rings (SSSR count). The van der Waals surface area contributed by atoms with Crippen LogP contribution in [0.25, 0.3) is 0 Å². The van der Waals surface area contributed by atoms with Gasteiger partial charge in [-0.15, -0.1) is 0 Å².